The Hall–Kier alpha value is -1.89. The van der Waals surface area contributed by atoms with Crippen LogP contribution >= 0.6 is 11.6 Å². The molecule has 12 heteroatoms. The van der Waals surface area contributed by atoms with Gasteiger partial charge in [-0.15, -0.1) is 0 Å². The van der Waals surface area contributed by atoms with E-state index in [9.17, 15) is 13.2 Å². The zero-order valence-electron chi connectivity index (χ0n) is 22.5. The van der Waals surface area contributed by atoms with E-state index in [0.29, 0.717) is 62.8 Å². The maximum atomic E-state index is 13.7. The van der Waals surface area contributed by atoms with E-state index in [0.717, 1.165) is 31.5 Å². The fraction of sp³-hybridized carbons (Fsp3) is 0.654. The summed E-state index contributed by atoms with van der Waals surface area (Å²) in [6.07, 6.45) is 2.39. The number of benzene rings is 1. The van der Waals surface area contributed by atoms with Gasteiger partial charge in [-0.1, -0.05) is 25.4 Å². The molecule has 3 aliphatic heterocycles. The number of piperazine rings is 1. The summed E-state index contributed by atoms with van der Waals surface area (Å²) in [5.41, 5.74) is 1.61. The second-order valence-electron chi connectivity index (χ2n) is 10.0. The highest BCUT2D eigenvalue weighted by Crippen LogP contribution is 2.41. The van der Waals surface area contributed by atoms with Crippen LogP contribution in [0.4, 0.5) is 0 Å². The summed E-state index contributed by atoms with van der Waals surface area (Å²) in [4.78, 5) is 19.4. The monoisotopic (exact) mass is 569 g/mol. The first-order valence-electron chi connectivity index (χ1n) is 13.5. The number of rotatable bonds is 11. The number of hydrogen-bond donors (Lipinski definition) is 2. The Kier molecular flexibility index (Phi) is 9.59. The second kappa shape index (κ2) is 12.5. The van der Waals surface area contributed by atoms with Gasteiger partial charge in [-0.25, -0.2) is 8.42 Å². The average Bonchev–Trinajstić information content (AvgIpc) is 3.25. The highest BCUT2D eigenvalue weighted by molar-refractivity contribution is 7.89. The Balaban J connectivity index is 1.66. The van der Waals surface area contributed by atoms with E-state index in [-0.39, 0.29) is 17.4 Å². The molecule has 1 amide bonds. The van der Waals surface area contributed by atoms with Crippen molar-refractivity contribution in [1.82, 2.24) is 24.3 Å². The summed E-state index contributed by atoms with van der Waals surface area (Å²) in [6, 6.07) is 4.46. The third-order valence-corrected chi connectivity index (χ3v) is 9.82. The second-order valence-corrected chi connectivity index (χ2v) is 12.4. The fourth-order valence-corrected chi connectivity index (χ4v) is 7.12. The summed E-state index contributed by atoms with van der Waals surface area (Å²) in [5, 5.41) is 12.2. The molecule has 0 aromatic heterocycles. The van der Waals surface area contributed by atoms with Crippen molar-refractivity contribution < 1.29 is 23.1 Å². The number of amides is 1. The molecule has 10 nitrogen and oxygen atoms in total. The molecule has 1 fully saturated rings. The number of likely N-dealkylation sites (N-methyl/N-ethyl adjacent to an activating group) is 1. The van der Waals surface area contributed by atoms with Crippen molar-refractivity contribution in [1.29, 1.82) is 0 Å². The zero-order valence-corrected chi connectivity index (χ0v) is 24.1. The number of alkyl halides is 1. The standard InChI is InChI=1S/C26H40ClN5O5S/c1-4-9-31-18-21-23(28-25(34)24(21)29(3)26(31)27)20-17-19(7-8-22(20)37-16-5-2)38(35,36)32-13-11-30(12-14-32)10-6-15-33/h7-8,17,23,26,33H,4-6,9-16,18H2,1-3H3,(H,28,34). The van der Waals surface area contributed by atoms with Crippen LogP contribution in [0.5, 0.6) is 5.75 Å². The number of carbonyl (C=O) groups is 1. The van der Waals surface area contributed by atoms with Crippen molar-refractivity contribution in [3.63, 3.8) is 0 Å². The summed E-state index contributed by atoms with van der Waals surface area (Å²) < 4.78 is 34.9. The average molecular weight is 570 g/mol. The Morgan fingerprint density at radius 1 is 1.13 bits per heavy atom. The predicted octanol–water partition coefficient (Wildman–Crippen LogP) is 1.77. The minimum atomic E-state index is -3.75. The lowest BCUT2D eigenvalue weighted by molar-refractivity contribution is -0.118. The number of nitrogens with zero attached hydrogens (tertiary/aromatic N) is 4. The Morgan fingerprint density at radius 3 is 2.53 bits per heavy atom. The molecule has 0 saturated carbocycles. The number of nitrogens with one attached hydrogen (secondary N) is 1. The highest BCUT2D eigenvalue weighted by atomic mass is 35.5. The summed E-state index contributed by atoms with van der Waals surface area (Å²) >= 11 is 6.66. The Bertz CT molecular complexity index is 1140. The van der Waals surface area contributed by atoms with Crippen LogP contribution in [-0.4, -0.2) is 110 Å². The first-order valence-corrected chi connectivity index (χ1v) is 15.4. The number of carbonyl (C=O) groups excluding carboxylic acids is 1. The molecule has 1 saturated heterocycles. The molecule has 1 aromatic carbocycles. The van der Waals surface area contributed by atoms with E-state index in [2.05, 4.69) is 22.0 Å². The lowest BCUT2D eigenvalue weighted by Gasteiger charge is -2.40. The smallest absolute Gasteiger partial charge is 0.268 e. The van der Waals surface area contributed by atoms with Gasteiger partial charge in [0.25, 0.3) is 5.91 Å². The number of aliphatic hydroxyl groups is 1. The molecular formula is C26H40ClN5O5S. The number of ether oxygens (including phenoxy) is 1. The quantitative estimate of drug-likeness (QED) is 0.307. The lowest BCUT2D eigenvalue weighted by Crippen LogP contribution is -2.49. The number of aliphatic hydroxyl groups excluding tert-OH is 1. The third-order valence-electron chi connectivity index (χ3n) is 7.36. The summed E-state index contributed by atoms with van der Waals surface area (Å²) in [5.74, 6) is 0.347. The first-order chi connectivity index (χ1) is 18.2. The SMILES string of the molecule is CCCOc1ccc(S(=O)(=O)N2CCN(CCCO)CC2)cc1C1NC(=O)C2=C1CN(CCC)C(Cl)N2C. The topological polar surface area (TPSA) is 106 Å². The molecule has 2 unspecified atom stereocenters. The van der Waals surface area contributed by atoms with Crippen LogP contribution in [0.3, 0.4) is 0 Å². The minimum absolute atomic E-state index is 0.126. The van der Waals surface area contributed by atoms with Gasteiger partial charge in [-0.05, 0) is 43.0 Å². The van der Waals surface area contributed by atoms with Gasteiger partial charge in [-0.3, -0.25) is 9.69 Å². The van der Waals surface area contributed by atoms with Crippen LogP contribution in [0.1, 0.15) is 44.7 Å². The molecule has 3 heterocycles. The normalized spacial score (nSPS) is 23.6. The van der Waals surface area contributed by atoms with Crippen LogP contribution in [0, 0.1) is 0 Å². The molecule has 0 bridgehead atoms. The van der Waals surface area contributed by atoms with Crippen LogP contribution in [-0.2, 0) is 14.8 Å². The van der Waals surface area contributed by atoms with Gasteiger partial charge in [-0.2, -0.15) is 4.31 Å². The maximum absolute atomic E-state index is 13.7. The molecule has 3 aliphatic rings. The highest BCUT2D eigenvalue weighted by Gasteiger charge is 2.43. The predicted molar refractivity (Wildman–Crippen MR) is 146 cm³/mol. The molecule has 4 rings (SSSR count). The van der Waals surface area contributed by atoms with Gasteiger partial charge in [0.05, 0.1) is 17.5 Å². The maximum Gasteiger partial charge on any atom is 0.268 e. The van der Waals surface area contributed by atoms with Crippen molar-refractivity contribution in [2.75, 3.05) is 66.1 Å². The van der Waals surface area contributed by atoms with Gasteiger partial charge in [0, 0.05) is 65.0 Å². The molecule has 0 radical (unpaired) electrons. The van der Waals surface area contributed by atoms with Gasteiger partial charge in [0.1, 0.15) is 11.4 Å². The lowest BCUT2D eigenvalue weighted by atomic mass is 9.97. The van der Waals surface area contributed by atoms with Crippen LogP contribution in [0.2, 0.25) is 0 Å². The molecule has 212 valence electrons. The van der Waals surface area contributed by atoms with Crippen molar-refractivity contribution in [2.24, 2.45) is 0 Å². The van der Waals surface area contributed by atoms with Gasteiger partial charge >= 0.3 is 0 Å². The van der Waals surface area contributed by atoms with Gasteiger partial charge in [0.2, 0.25) is 10.0 Å². The van der Waals surface area contributed by atoms with E-state index >= 15 is 0 Å². The molecular weight excluding hydrogens is 530 g/mol. The molecule has 38 heavy (non-hydrogen) atoms. The molecule has 0 aliphatic carbocycles. The van der Waals surface area contributed by atoms with Crippen LogP contribution < -0.4 is 10.1 Å². The zero-order chi connectivity index (χ0) is 27.4. The largest absolute Gasteiger partial charge is 0.493 e. The first kappa shape index (κ1) is 29.1. The number of hydrogen-bond acceptors (Lipinski definition) is 8. The van der Waals surface area contributed by atoms with Crippen LogP contribution in [0.15, 0.2) is 34.4 Å². The Labute approximate surface area is 231 Å². The van der Waals surface area contributed by atoms with Gasteiger partial charge in [0.15, 0.2) is 5.62 Å². The molecule has 1 aromatic rings. The van der Waals surface area contributed by atoms with Crippen molar-refractivity contribution in [3.8, 4) is 5.75 Å². The number of halogens is 1. The van der Waals surface area contributed by atoms with Crippen molar-refractivity contribution in [3.05, 3.63) is 35.0 Å². The number of sulfonamides is 1. The third kappa shape index (κ3) is 5.83. The van der Waals surface area contributed by atoms with Crippen LogP contribution in [0.25, 0.3) is 0 Å². The molecule has 2 atom stereocenters. The molecule has 0 spiro atoms. The Morgan fingerprint density at radius 2 is 1.87 bits per heavy atom. The van der Waals surface area contributed by atoms with E-state index in [4.69, 9.17) is 21.4 Å². The van der Waals surface area contributed by atoms with Crippen molar-refractivity contribution in [2.45, 2.75) is 49.7 Å². The van der Waals surface area contributed by atoms with E-state index in [1.165, 1.54) is 4.31 Å². The summed E-state index contributed by atoms with van der Waals surface area (Å²) in [7, 11) is -1.93. The van der Waals surface area contributed by atoms with E-state index in [1.54, 1.807) is 23.1 Å². The van der Waals surface area contributed by atoms with Gasteiger partial charge < -0.3 is 25.0 Å². The van der Waals surface area contributed by atoms with Crippen molar-refractivity contribution >= 4 is 27.5 Å². The van der Waals surface area contributed by atoms with E-state index in [1.807, 2.05) is 14.0 Å². The summed E-state index contributed by atoms with van der Waals surface area (Å²) in [6.45, 7) is 8.75. The minimum Gasteiger partial charge on any atom is -0.493 e. The molecule has 2 N–H and O–H groups in total. The van der Waals surface area contributed by atoms with E-state index < -0.39 is 21.7 Å². The fourth-order valence-electron chi connectivity index (χ4n) is 5.40.